The zero-order valence-corrected chi connectivity index (χ0v) is 18.0. The van der Waals surface area contributed by atoms with E-state index in [1.807, 2.05) is 6.20 Å². The van der Waals surface area contributed by atoms with Crippen LogP contribution in [0.3, 0.4) is 0 Å². The lowest BCUT2D eigenvalue weighted by Gasteiger charge is -2.32. The van der Waals surface area contributed by atoms with Gasteiger partial charge in [0.25, 0.3) is 0 Å². The first kappa shape index (κ1) is 22.5. The normalized spacial score (nSPS) is 16.4. The SMILES string of the molecule is CC(C)N1CCC(=C2c3ccccc3CCn3ccnc32)CC1.O=C(O)/C=C\C(=O)O. The Bertz CT molecular complexity index is 978. The van der Waals surface area contributed by atoms with E-state index in [0.29, 0.717) is 18.2 Å². The van der Waals surface area contributed by atoms with Gasteiger partial charge in [0.15, 0.2) is 0 Å². The van der Waals surface area contributed by atoms with Crippen LogP contribution in [0.2, 0.25) is 0 Å². The molecule has 2 N–H and O–H groups in total. The minimum atomic E-state index is -1.26. The quantitative estimate of drug-likeness (QED) is 0.734. The molecule has 0 atom stereocenters. The smallest absolute Gasteiger partial charge is 0.328 e. The van der Waals surface area contributed by atoms with Gasteiger partial charge >= 0.3 is 11.9 Å². The number of rotatable bonds is 3. The molecule has 1 aromatic heterocycles. The fraction of sp³-hybridized carbons (Fsp3) is 0.375. The monoisotopic (exact) mass is 423 g/mol. The summed E-state index contributed by atoms with van der Waals surface area (Å²) in [7, 11) is 0. The molecule has 7 heteroatoms. The number of benzene rings is 1. The van der Waals surface area contributed by atoms with Crippen molar-refractivity contribution in [1.82, 2.24) is 14.5 Å². The largest absolute Gasteiger partial charge is 0.478 e. The van der Waals surface area contributed by atoms with Crippen LogP contribution in [0, 0.1) is 0 Å². The number of carboxylic acid groups (broad SMARTS) is 2. The van der Waals surface area contributed by atoms with Crippen LogP contribution in [-0.4, -0.2) is 55.7 Å². The lowest BCUT2D eigenvalue weighted by molar-refractivity contribution is -0.134. The predicted molar refractivity (Wildman–Crippen MR) is 119 cm³/mol. The van der Waals surface area contributed by atoms with Gasteiger partial charge in [0.1, 0.15) is 5.82 Å². The Kier molecular flexibility index (Phi) is 7.41. The highest BCUT2D eigenvalue weighted by molar-refractivity contribution is 5.89. The van der Waals surface area contributed by atoms with Crippen molar-refractivity contribution in [2.24, 2.45) is 0 Å². The summed E-state index contributed by atoms with van der Waals surface area (Å²) in [6.45, 7) is 7.96. The van der Waals surface area contributed by atoms with Crippen LogP contribution in [0.15, 0.2) is 54.4 Å². The number of imidazole rings is 1. The Morgan fingerprint density at radius 1 is 1.00 bits per heavy atom. The molecule has 7 nitrogen and oxygen atoms in total. The third-order valence-electron chi connectivity index (χ3n) is 5.70. The number of carboxylic acids is 2. The molecule has 0 spiro atoms. The van der Waals surface area contributed by atoms with Gasteiger partial charge in [-0.1, -0.05) is 29.8 Å². The van der Waals surface area contributed by atoms with Gasteiger partial charge in [-0.3, -0.25) is 0 Å². The van der Waals surface area contributed by atoms with E-state index in [1.165, 1.54) is 35.6 Å². The van der Waals surface area contributed by atoms with E-state index in [0.717, 1.165) is 25.8 Å². The molecule has 4 rings (SSSR count). The summed E-state index contributed by atoms with van der Waals surface area (Å²) in [4.78, 5) is 26.4. The van der Waals surface area contributed by atoms with E-state index in [4.69, 9.17) is 15.2 Å². The van der Waals surface area contributed by atoms with Crippen molar-refractivity contribution in [1.29, 1.82) is 0 Å². The van der Waals surface area contributed by atoms with Crippen molar-refractivity contribution in [3.63, 3.8) is 0 Å². The molecule has 0 bridgehead atoms. The van der Waals surface area contributed by atoms with Crippen molar-refractivity contribution >= 4 is 17.5 Å². The van der Waals surface area contributed by atoms with Gasteiger partial charge in [-0.15, -0.1) is 0 Å². The fourth-order valence-electron chi connectivity index (χ4n) is 4.11. The molecule has 2 aliphatic heterocycles. The summed E-state index contributed by atoms with van der Waals surface area (Å²) in [5, 5.41) is 15.6. The Hall–Kier alpha value is -3.19. The summed E-state index contributed by atoms with van der Waals surface area (Å²) in [6.07, 6.45) is 8.61. The van der Waals surface area contributed by atoms with Crippen molar-refractivity contribution in [3.05, 3.63) is 71.3 Å². The van der Waals surface area contributed by atoms with Gasteiger partial charge < -0.3 is 19.7 Å². The second kappa shape index (κ2) is 10.2. The molecule has 0 unspecified atom stereocenters. The Morgan fingerprint density at radius 3 is 2.26 bits per heavy atom. The summed E-state index contributed by atoms with van der Waals surface area (Å²) in [5.74, 6) is -1.34. The average molecular weight is 424 g/mol. The maximum atomic E-state index is 9.55. The molecule has 2 aliphatic rings. The summed E-state index contributed by atoms with van der Waals surface area (Å²) < 4.78 is 2.33. The lowest BCUT2D eigenvalue weighted by Crippen LogP contribution is -2.36. The molecule has 31 heavy (non-hydrogen) atoms. The fourth-order valence-corrected chi connectivity index (χ4v) is 4.11. The summed E-state index contributed by atoms with van der Waals surface area (Å²) >= 11 is 0. The van der Waals surface area contributed by atoms with Crippen LogP contribution in [0.1, 0.15) is 43.6 Å². The van der Waals surface area contributed by atoms with Gasteiger partial charge in [0.2, 0.25) is 0 Å². The number of aliphatic carboxylic acids is 2. The number of carbonyl (C=O) groups is 2. The van der Waals surface area contributed by atoms with E-state index in [2.05, 4.69) is 53.8 Å². The highest BCUT2D eigenvalue weighted by Gasteiger charge is 2.25. The van der Waals surface area contributed by atoms with E-state index in [9.17, 15) is 9.59 Å². The number of likely N-dealkylation sites (tertiary alicyclic amines) is 1. The second-order valence-electron chi connectivity index (χ2n) is 7.97. The first-order valence-corrected chi connectivity index (χ1v) is 10.6. The number of hydrogen-bond acceptors (Lipinski definition) is 4. The van der Waals surface area contributed by atoms with Gasteiger partial charge in [0.05, 0.1) is 0 Å². The van der Waals surface area contributed by atoms with E-state index >= 15 is 0 Å². The lowest BCUT2D eigenvalue weighted by atomic mass is 9.89. The topological polar surface area (TPSA) is 95.7 Å². The average Bonchev–Trinajstić information content (AvgIpc) is 3.15. The van der Waals surface area contributed by atoms with Crippen LogP contribution in [0.5, 0.6) is 0 Å². The van der Waals surface area contributed by atoms with Crippen molar-refractivity contribution < 1.29 is 19.8 Å². The van der Waals surface area contributed by atoms with Crippen LogP contribution >= 0.6 is 0 Å². The van der Waals surface area contributed by atoms with Crippen LogP contribution < -0.4 is 0 Å². The van der Waals surface area contributed by atoms with E-state index < -0.39 is 11.9 Å². The Labute approximate surface area is 182 Å². The first-order chi connectivity index (χ1) is 14.9. The van der Waals surface area contributed by atoms with E-state index in [1.54, 1.807) is 5.57 Å². The van der Waals surface area contributed by atoms with Gasteiger partial charge in [-0.2, -0.15) is 0 Å². The molecule has 3 heterocycles. The molecular formula is C24H29N3O4. The Morgan fingerprint density at radius 2 is 1.65 bits per heavy atom. The van der Waals surface area contributed by atoms with Gasteiger partial charge in [0, 0.05) is 55.8 Å². The molecule has 1 fully saturated rings. The second-order valence-corrected chi connectivity index (χ2v) is 7.97. The molecule has 164 valence electrons. The van der Waals surface area contributed by atoms with E-state index in [-0.39, 0.29) is 0 Å². The number of hydrogen-bond donors (Lipinski definition) is 2. The van der Waals surface area contributed by atoms with Crippen molar-refractivity contribution in [2.75, 3.05) is 13.1 Å². The third kappa shape index (κ3) is 5.70. The van der Waals surface area contributed by atoms with Gasteiger partial charge in [-0.05, 0) is 44.2 Å². The van der Waals surface area contributed by atoms with Crippen LogP contribution in [0.25, 0.3) is 5.57 Å². The number of aromatic nitrogens is 2. The number of aryl methyl sites for hydroxylation is 2. The molecule has 0 saturated carbocycles. The predicted octanol–water partition coefficient (Wildman–Crippen LogP) is 3.46. The molecular weight excluding hydrogens is 394 g/mol. The van der Waals surface area contributed by atoms with Gasteiger partial charge in [-0.25, -0.2) is 14.6 Å². The van der Waals surface area contributed by atoms with Crippen molar-refractivity contribution in [3.8, 4) is 0 Å². The maximum Gasteiger partial charge on any atom is 0.328 e. The Balaban J connectivity index is 0.000000293. The molecule has 2 aromatic rings. The zero-order valence-electron chi connectivity index (χ0n) is 18.0. The zero-order chi connectivity index (χ0) is 22.4. The minimum absolute atomic E-state index is 0.558. The van der Waals surface area contributed by atoms with Crippen LogP contribution in [0.4, 0.5) is 0 Å². The highest BCUT2D eigenvalue weighted by atomic mass is 16.4. The maximum absolute atomic E-state index is 9.55. The molecule has 0 aliphatic carbocycles. The molecule has 1 saturated heterocycles. The molecule has 1 aromatic carbocycles. The summed E-state index contributed by atoms with van der Waals surface area (Å²) in [5.41, 5.74) is 5.87. The molecule has 0 amide bonds. The minimum Gasteiger partial charge on any atom is -0.478 e. The van der Waals surface area contributed by atoms with Crippen molar-refractivity contribution in [2.45, 2.75) is 45.7 Å². The third-order valence-corrected chi connectivity index (χ3v) is 5.70. The molecule has 0 radical (unpaired) electrons. The standard InChI is InChI=1S/C20H25N3.C4H4O4/c1-15(2)22-11-8-17(9-12-22)19-18-6-4-3-5-16(18)7-13-23-14-10-21-20(19)23;5-3(6)1-2-4(7)8/h3-6,10,14-15H,7-9,11-13H2,1-2H3;1-2H,(H,5,6)(H,7,8)/b;2-1-. The van der Waals surface area contributed by atoms with Crippen LogP contribution in [-0.2, 0) is 22.6 Å². The first-order valence-electron chi connectivity index (χ1n) is 10.6. The summed E-state index contributed by atoms with van der Waals surface area (Å²) in [6, 6.07) is 9.55. The number of nitrogens with zero attached hydrogens (tertiary/aromatic N) is 3. The highest BCUT2D eigenvalue weighted by Crippen LogP contribution is 2.35. The number of fused-ring (bicyclic) bond motifs is 2. The number of piperidine rings is 1.